The Morgan fingerprint density at radius 1 is 0.970 bits per heavy atom. The number of nitrogens with zero attached hydrogens (tertiary/aromatic N) is 2. The van der Waals surface area contributed by atoms with Crippen LogP contribution in [0.3, 0.4) is 0 Å². The van der Waals surface area contributed by atoms with Gasteiger partial charge in [0.25, 0.3) is 5.56 Å². The molecule has 0 saturated heterocycles. The van der Waals surface area contributed by atoms with Crippen LogP contribution in [0.2, 0.25) is 0 Å². The van der Waals surface area contributed by atoms with Gasteiger partial charge < -0.3 is 9.30 Å². The van der Waals surface area contributed by atoms with Crippen LogP contribution in [0.25, 0.3) is 33.0 Å². The van der Waals surface area contributed by atoms with Crippen LogP contribution in [-0.2, 0) is 16.9 Å². The van der Waals surface area contributed by atoms with Gasteiger partial charge in [0, 0.05) is 53.5 Å². The number of fused-ring (bicyclic) bond motifs is 1. The van der Waals surface area contributed by atoms with Crippen molar-refractivity contribution in [2.24, 2.45) is 7.05 Å². The lowest BCUT2D eigenvalue weighted by Crippen LogP contribution is -2.16. The van der Waals surface area contributed by atoms with E-state index in [1.165, 1.54) is 10.8 Å². The van der Waals surface area contributed by atoms with E-state index in [0.29, 0.717) is 23.3 Å². The molecule has 0 bridgehead atoms. The molecule has 0 spiro atoms. The standard InChI is InChI=1S/C26H26N2O4S/c1-5-12-32-25-11-9-20(33(4,30)31)14-23(25)24-16-28(3)26(29)21-10-8-18(13-22(21)24)19-7-6-17(2)27-15-19/h6-11,13-16H,5,12H2,1-4H3. The molecule has 170 valence electrons. The predicted octanol–water partition coefficient (Wildman–Crippen LogP) is 4.77. The largest absolute Gasteiger partial charge is 0.493 e. The zero-order valence-corrected chi connectivity index (χ0v) is 19.9. The molecule has 4 rings (SSSR count). The molecule has 0 aliphatic carbocycles. The second-order valence-electron chi connectivity index (χ2n) is 8.19. The van der Waals surface area contributed by atoms with Crippen molar-refractivity contribution in [3.05, 3.63) is 77.0 Å². The molecule has 2 heterocycles. The summed E-state index contributed by atoms with van der Waals surface area (Å²) in [5, 5.41) is 1.27. The maximum atomic E-state index is 12.9. The molecule has 6 nitrogen and oxygen atoms in total. The van der Waals surface area contributed by atoms with Crippen molar-refractivity contribution in [1.82, 2.24) is 9.55 Å². The van der Waals surface area contributed by atoms with E-state index < -0.39 is 9.84 Å². The van der Waals surface area contributed by atoms with Gasteiger partial charge in [0.15, 0.2) is 9.84 Å². The van der Waals surface area contributed by atoms with E-state index in [1.54, 1.807) is 37.6 Å². The third-order valence-corrected chi connectivity index (χ3v) is 6.67. The third kappa shape index (κ3) is 4.54. The number of benzene rings is 2. The minimum atomic E-state index is -3.43. The van der Waals surface area contributed by atoms with E-state index in [1.807, 2.05) is 44.2 Å². The summed E-state index contributed by atoms with van der Waals surface area (Å²) < 4.78 is 32.1. The molecule has 0 amide bonds. The van der Waals surface area contributed by atoms with Crippen LogP contribution in [0.4, 0.5) is 0 Å². The molecule has 0 fully saturated rings. The summed E-state index contributed by atoms with van der Waals surface area (Å²) in [6.07, 6.45) is 5.53. The highest BCUT2D eigenvalue weighted by Crippen LogP contribution is 2.37. The number of aromatic nitrogens is 2. The maximum Gasteiger partial charge on any atom is 0.258 e. The molecule has 0 saturated carbocycles. The summed E-state index contributed by atoms with van der Waals surface area (Å²) in [6, 6.07) is 14.5. The average molecular weight is 463 g/mol. The first-order valence-corrected chi connectivity index (χ1v) is 12.6. The maximum absolute atomic E-state index is 12.9. The van der Waals surface area contributed by atoms with E-state index in [2.05, 4.69) is 4.98 Å². The molecular weight excluding hydrogens is 436 g/mol. The molecule has 4 aromatic rings. The lowest BCUT2D eigenvalue weighted by molar-refractivity contribution is 0.318. The monoisotopic (exact) mass is 462 g/mol. The molecular formula is C26H26N2O4S. The lowest BCUT2D eigenvalue weighted by Gasteiger charge is -2.16. The molecule has 0 atom stereocenters. The van der Waals surface area contributed by atoms with Crippen molar-refractivity contribution in [2.45, 2.75) is 25.2 Å². The van der Waals surface area contributed by atoms with Crippen molar-refractivity contribution in [3.8, 4) is 28.0 Å². The summed E-state index contributed by atoms with van der Waals surface area (Å²) in [4.78, 5) is 17.5. The number of rotatable bonds is 6. The van der Waals surface area contributed by atoms with Crippen LogP contribution in [0.5, 0.6) is 5.75 Å². The average Bonchev–Trinajstić information content (AvgIpc) is 2.79. The first-order chi connectivity index (χ1) is 15.7. The van der Waals surface area contributed by atoms with Crippen LogP contribution in [0.1, 0.15) is 19.0 Å². The van der Waals surface area contributed by atoms with Gasteiger partial charge in [-0.15, -0.1) is 0 Å². The number of hydrogen-bond acceptors (Lipinski definition) is 5. The van der Waals surface area contributed by atoms with Gasteiger partial charge in [0.2, 0.25) is 0 Å². The van der Waals surface area contributed by atoms with Gasteiger partial charge in [-0.1, -0.05) is 19.1 Å². The Balaban J connectivity index is 2.03. The Labute approximate surface area is 193 Å². The van der Waals surface area contributed by atoms with Gasteiger partial charge in [-0.3, -0.25) is 9.78 Å². The Bertz CT molecular complexity index is 1500. The highest BCUT2D eigenvalue weighted by Gasteiger charge is 2.18. The summed E-state index contributed by atoms with van der Waals surface area (Å²) in [5.74, 6) is 0.576. The molecule has 0 N–H and O–H groups in total. The quantitative estimate of drug-likeness (QED) is 0.413. The Kier molecular flexibility index (Phi) is 6.08. The molecule has 0 radical (unpaired) electrons. The summed E-state index contributed by atoms with van der Waals surface area (Å²) >= 11 is 0. The molecule has 2 aromatic heterocycles. The normalized spacial score (nSPS) is 11.6. The van der Waals surface area contributed by atoms with E-state index in [4.69, 9.17) is 4.74 Å². The van der Waals surface area contributed by atoms with Gasteiger partial charge in [0.1, 0.15) is 5.75 Å². The fraction of sp³-hybridized carbons (Fsp3) is 0.231. The fourth-order valence-electron chi connectivity index (χ4n) is 3.79. The molecule has 0 unspecified atom stereocenters. The van der Waals surface area contributed by atoms with Crippen LogP contribution in [0, 0.1) is 6.92 Å². The molecule has 0 aliphatic rings. The summed E-state index contributed by atoms with van der Waals surface area (Å²) in [5.41, 5.74) is 4.00. The number of ether oxygens (including phenoxy) is 1. The van der Waals surface area contributed by atoms with Crippen molar-refractivity contribution in [2.75, 3.05) is 12.9 Å². The first-order valence-electron chi connectivity index (χ1n) is 10.7. The highest BCUT2D eigenvalue weighted by atomic mass is 32.2. The lowest BCUT2D eigenvalue weighted by atomic mass is 9.96. The van der Waals surface area contributed by atoms with Crippen LogP contribution in [-0.4, -0.2) is 30.8 Å². The topological polar surface area (TPSA) is 78.3 Å². The molecule has 0 aliphatic heterocycles. The number of aryl methyl sites for hydroxylation is 2. The zero-order valence-electron chi connectivity index (χ0n) is 19.1. The van der Waals surface area contributed by atoms with Crippen molar-refractivity contribution < 1.29 is 13.2 Å². The van der Waals surface area contributed by atoms with Gasteiger partial charge in [-0.25, -0.2) is 8.42 Å². The van der Waals surface area contributed by atoms with E-state index >= 15 is 0 Å². The first kappa shape index (κ1) is 22.7. The van der Waals surface area contributed by atoms with Crippen LogP contribution < -0.4 is 10.3 Å². The van der Waals surface area contributed by atoms with E-state index in [9.17, 15) is 13.2 Å². The van der Waals surface area contributed by atoms with Crippen molar-refractivity contribution >= 4 is 20.6 Å². The molecule has 7 heteroatoms. The van der Waals surface area contributed by atoms with Crippen molar-refractivity contribution in [3.63, 3.8) is 0 Å². The number of pyridine rings is 2. The number of hydrogen-bond donors (Lipinski definition) is 0. The minimum Gasteiger partial charge on any atom is -0.493 e. The van der Waals surface area contributed by atoms with Crippen LogP contribution >= 0.6 is 0 Å². The number of sulfone groups is 1. The fourth-order valence-corrected chi connectivity index (χ4v) is 4.43. The van der Waals surface area contributed by atoms with Crippen LogP contribution in [0.15, 0.2) is 70.6 Å². The van der Waals surface area contributed by atoms with E-state index in [0.717, 1.165) is 34.2 Å². The third-order valence-electron chi connectivity index (χ3n) is 5.56. The van der Waals surface area contributed by atoms with Gasteiger partial charge >= 0.3 is 0 Å². The smallest absolute Gasteiger partial charge is 0.258 e. The second-order valence-corrected chi connectivity index (χ2v) is 10.2. The summed E-state index contributed by atoms with van der Waals surface area (Å²) in [6.45, 7) is 4.43. The highest BCUT2D eigenvalue weighted by molar-refractivity contribution is 7.90. The Morgan fingerprint density at radius 3 is 2.39 bits per heavy atom. The van der Waals surface area contributed by atoms with Crippen molar-refractivity contribution in [1.29, 1.82) is 0 Å². The predicted molar refractivity (Wildman–Crippen MR) is 131 cm³/mol. The summed E-state index contributed by atoms with van der Waals surface area (Å²) in [7, 11) is -1.74. The van der Waals surface area contributed by atoms with E-state index in [-0.39, 0.29) is 10.5 Å². The SMILES string of the molecule is CCCOc1ccc(S(C)(=O)=O)cc1-c1cn(C)c(=O)c2ccc(-c3ccc(C)nc3)cc12. The van der Waals surface area contributed by atoms with Gasteiger partial charge in [-0.2, -0.15) is 0 Å². The molecule has 33 heavy (non-hydrogen) atoms. The van der Waals surface area contributed by atoms with Gasteiger partial charge in [0.05, 0.1) is 11.5 Å². The Hall–Kier alpha value is -3.45. The molecule has 2 aromatic carbocycles. The Morgan fingerprint density at radius 2 is 1.73 bits per heavy atom. The van der Waals surface area contributed by atoms with Gasteiger partial charge in [-0.05, 0) is 60.7 Å². The second kappa shape index (κ2) is 8.83. The zero-order chi connectivity index (χ0) is 23.8. The minimum absolute atomic E-state index is 0.127.